The van der Waals surface area contributed by atoms with Crippen LogP contribution in [0.3, 0.4) is 0 Å². The minimum atomic E-state index is -0.760. The predicted molar refractivity (Wildman–Crippen MR) is 41.4 cm³/mol. The van der Waals surface area contributed by atoms with E-state index in [-0.39, 0.29) is 72.3 Å². The first-order valence-electron chi connectivity index (χ1n) is 1.89. The van der Waals surface area contributed by atoms with Crippen LogP contribution < -0.4 is 0 Å². The van der Waals surface area contributed by atoms with Crippen LogP contribution in [0.5, 0.6) is 0 Å². The Kier molecular flexibility index (Phi) is 31.1. The van der Waals surface area contributed by atoms with Crippen molar-refractivity contribution in [2.45, 2.75) is 0 Å². The van der Waals surface area contributed by atoms with Crippen LogP contribution in [0.2, 0.25) is 0 Å². The Hall–Kier alpha value is 2.12. The Morgan fingerprint density at radius 3 is 1.40 bits per heavy atom. The molecule has 10 heavy (non-hydrogen) atoms. The summed E-state index contributed by atoms with van der Waals surface area (Å²) in [6.07, 6.45) is 0. The fraction of sp³-hybridized carbons (Fsp3) is 1.00. The van der Waals surface area contributed by atoms with Crippen molar-refractivity contribution < 1.29 is 18.2 Å². The fourth-order valence-electron chi connectivity index (χ4n) is 0.167. The van der Waals surface area contributed by atoms with E-state index in [2.05, 4.69) is 9.05 Å². The van der Waals surface area contributed by atoms with Crippen molar-refractivity contribution in [2.24, 2.45) is 0 Å². The SMILES string of the molecule is O=[PH+]OCCO[PH+]=O.[Na].[Na]. The van der Waals surface area contributed by atoms with Gasteiger partial charge >= 0.3 is 17.4 Å². The van der Waals surface area contributed by atoms with E-state index in [1.165, 1.54) is 0 Å². The molecule has 2 atom stereocenters. The summed E-state index contributed by atoms with van der Waals surface area (Å²) in [6, 6.07) is 0. The minimum Gasteiger partial charge on any atom is -0.145 e. The van der Waals surface area contributed by atoms with E-state index < -0.39 is 17.4 Å². The first-order valence-corrected chi connectivity index (χ1v) is 3.53. The van der Waals surface area contributed by atoms with Gasteiger partial charge in [0.2, 0.25) is 0 Å². The zero-order chi connectivity index (χ0) is 6.24. The molecule has 0 fully saturated rings. The van der Waals surface area contributed by atoms with Crippen LogP contribution in [0.4, 0.5) is 0 Å². The van der Waals surface area contributed by atoms with Crippen molar-refractivity contribution in [1.82, 2.24) is 0 Å². The van der Waals surface area contributed by atoms with Gasteiger partial charge in [-0.15, -0.1) is 9.05 Å². The first kappa shape index (κ1) is 18.0. The number of rotatable bonds is 5. The molecule has 0 aromatic carbocycles. The summed E-state index contributed by atoms with van der Waals surface area (Å²) in [4.78, 5) is 0. The van der Waals surface area contributed by atoms with E-state index in [0.717, 1.165) is 0 Å². The Labute approximate surface area is 107 Å². The van der Waals surface area contributed by atoms with Crippen LogP contribution in [0.25, 0.3) is 0 Å². The van der Waals surface area contributed by atoms with Gasteiger partial charge in [-0.2, -0.15) is 0 Å². The van der Waals surface area contributed by atoms with Gasteiger partial charge in [0.25, 0.3) is 0 Å². The van der Waals surface area contributed by atoms with E-state index in [1.807, 2.05) is 0 Å². The van der Waals surface area contributed by atoms with Crippen LogP contribution in [0.1, 0.15) is 0 Å². The molecule has 48 valence electrons. The molecule has 0 aliphatic carbocycles. The van der Waals surface area contributed by atoms with Crippen LogP contribution in [-0.4, -0.2) is 72.3 Å². The third-order valence-electron chi connectivity index (χ3n) is 0.405. The minimum absolute atomic E-state index is 0. The van der Waals surface area contributed by atoms with Gasteiger partial charge < -0.3 is 0 Å². The molecule has 0 saturated heterocycles. The molecule has 2 unspecified atom stereocenters. The number of hydrogen-bond acceptors (Lipinski definition) is 4. The largest absolute Gasteiger partial charge is 0.494 e. The van der Waals surface area contributed by atoms with Crippen LogP contribution >= 0.6 is 17.4 Å². The van der Waals surface area contributed by atoms with Crippen molar-refractivity contribution in [1.29, 1.82) is 0 Å². The van der Waals surface area contributed by atoms with Crippen molar-refractivity contribution in [3.63, 3.8) is 0 Å². The molecule has 0 spiro atoms. The molecule has 0 heterocycles. The Balaban J connectivity index is -0.000000245. The molecule has 0 aliphatic heterocycles. The van der Waals surface area contributed by atoms with Gasteiger partial charge in [-0.25, -0.2) is 0 Å². The molecule has 0 N–H and O–H groups in total. The molecule has 0 saturated carbocycles. The fourth-order valence-corrected chi connectivity index (χ4v) is 0.500. The average Bonchev–Trinajstić information content (AvgIpc) is 1.81. The Bertz CT molecular complexity index is 71.7. The van der Waals surface area contributed by atoms with Crippen LogP contribution in [0.15, 0.2) is 0 Å². The first-order chi connectivity index (χ1) is 3.91. The van der Waals surface area contributed by atoms with Gasteiger partial charge in [0, 0.05) is 59.1 Å². The molecular formula is C2H6Na2O4P2+2. The third kappa shape index (κ3) is 16.6. The maximum atomic E-state index is 9.57. The summed E-state index contributed by atoms with van der Waals surface area (Å²) < 4.78 is 27.8. The van der Waals surface area contributed by atoms with Crippen molar-refractivity contribution in [2.75, 3.05) is 13.2 Å². The van der Waals surface area contributed by atoms with E-state index in [9.17, 15) is 9.13 Å². The van der Waals surface area contributed by atoms with E-state index >= 15 is 0 Å². The van der Waals surface area contributed by atoms with E-state index in [1.54, 1.807) is 0 Å². The molecule has 0 aromatic heterocycles. The summed E-state index contributed by atoms with van der Waals surface area (Å²) in [5, 5.41) is 0. The second-order valence-corrected chi connectivity index (χ2v) is 1.77. The normalized spacial score (nSPS) is 8.40. The predicted octanol–water partition coefficient (Wildman–Crippen LogP) is 0.136. The Morgan fingerprint density at radius 2 is 1.20 bits per heavy atom. The topological polar surface area (TPSA) is 52.6 Å². The van der Waals surface area contributed by atoms with Gasteiger partial charge in [0.15, 0.2) is 0 Å². The van der Waals surface area contributed by atoms with Gasteiger partial charge in [0.1, 0.15) is 13.2 Å². The van der Waals surface area contributed by atoms with Gasteiger partial charge in [-0.3, -0.25) is 0 Å². The molecule has 0 aromatic rings. The molecule has 0 rings (SSSR count). The van der Waals surface area contributed by atoms with E-state index in [4.69, 9.17) is 0 Å². The molecule has 8 heteroatoms. The van der Waals surface area contributed by atoms with Crippen LogP contribution in [-0.2, 0) is 18.2 Å². The monoisotopic (exact) mass is 202 g/mol. The molecule has 0 bridgehead atoms. The second-order valence-electron chi connectivity index (χ2n) is 0.864. The van der Waals surface area contributed by atoms with Crippen molar-refractivity contribution in [3.05, 3.63) is 0 Å². The quantitative estimate of drug-likeness (QED) is 0.361. The summed E-state index contributed by atoms with van der Waals surface area (Å²) in [7, 11) is -1.52. The maximum absolute atomic E-state index is 9.57. The molecule has 0 aliphatic rings. The van der Waals surface area contributed by atoms with Gasteiger partial charge in [0.05, 0.1) is 0 Å². The Morgan fingerprint density at radius 1 is 0.900 bits per heavy atom. The molecular weight excluding hydrogens is 196 g/mol. The summed E-state index contributed by atoms with van der Waals surface area (Å²) in [5.41, 5.74) is 0. The molecule has 2 radical (unpaired) electrons. The summed E-state index contributed by atoms with van der Waals surface area (Å²) >= 11 is 0. The second kappa shape index (κ2) is 17.3. The van der Waals surface area contributed by atoms with Gasteiger partial charge in [-0.05, 0) is 9.13 Å². The maximum Gasteiger partial charge on any atom is 0.494 e. The zero-order valence-corrected chi connectivity index (χ0v) is 12.0. The van der Waals surface area contributed by atoms with E-state index in [0.29, 0.717) is 0 Å². The molecule has 4 nitrogen and oxygen atoms in total. The number of hydrogen-bond donors (Lipinski definition) is 0. The average molecular weight is 202 g/mol. The third-order valence-corrected chi connectivity index (χ3v) is 1.05. The summed E-state index contributed by atoms with van der Waals surface area (Å²) in [5.74, 6) is 0. The standard InChI is InChI=1S/C2H6O4P2.2Na/c3-7-5-1-2-6-8-4;;/h7-8H,1-2H2;;/q+2;;. The smallest absolute Gasteiger partial charge is 0.145 e. The molecule has 0 amide bonds. The summed E-state index contributed by atoms with van der Waals surface area (Å²) in [6.45, 7) is 0.467. The van der Waals surface area contributed by atoms with Crippen molar-refractivity contribution >= 4 is 76.5 Å². The van der Waals surface area contributed by atoms with Crippen LogP contribution in [0, 0.1) is 0 Å². The zero-order valence-electron chi connectivity index (χ0n) is 6.05. The van der Waals surface area contributed by atoms with Gasteiger partial charge in [-0.1, -0.05) is 0 Å². The van der Waals surface area contributed by atoms with Crippen molar-refractivity contribution in [3.8, 4) is 0 Å².